The lowest BCUT2D eigenvalue weighted by Crippen LogP contribution is -2.37. The second kappa shape index (κ2) is 9.18. The van der Waals surface area contributed by atoms with Crippen molar-refractivity contribution >= 4 is 29.2 Å². The number of nitrogens with zero attached hydrogens (tertiary/aromatic N) is 5. The molecule has 0 aromatic carbocycles. The van der Waals surface area contributed by atoms with Crippen LogP contribution >= 0.6 is 11.3 Å². The van der Waals surface area contributed by atoms with E-state index in [1.807, 2.05) is 29.3 Å². The summed E-state index contributed by atoms with van der Waals surface area (Å²) in [7, 11) is 0. The molecule has 4 rings (SSSR count). The van der Waals surface area contributed by atoms with E-state index in [0.717, 1.165) is 33.9 Å². The molecule has 3 aromatic rings. The van der Waals surface area contributed by atoms with Crippen molar-refractivity contribution in [1.29, 1.82) is 0 Å². The molecule has 1 amide bonds. The van der Waals surface area contributed by atoms with Gasteiger partial charge in [-0.05, 0) is 19.1 Å². The number of carbonyl (C=O) groups excluding carboxylic acids is 1. The van der Waals surface area contributed by atoms with E-state index in [1.54, 1.807) is 18.7 Å². The fourth-order valence-corrected chi connectivity index (χ4v) is 3.48. The maximum atomic E-state index is 12.7. The van der Waals surface area contributed by atoms with Gasteiger partial charge < -0.3 is 15.1 Å². The van der Waals surface area contributed by atoms with Gasteiger partial charge in [0.2, 0.25) is 0 Å². The van der Waals surface area contributed by atoms with E-state index in [2.05, 4.69) is 19.9 Å². The molecule has 4 heterocycles. The highest BCUT2D eigenvalue weighted by atomic mass is 32.1. The lowest BCUT2D eigenvalue weighted by molar-refractivity contribution is -0.159. The Kier molecular flexibility index (Phi) is 6.42. The smallest absolute Gasteiger partial charge is 0.414 e. The van der Waals surface area contributed by atoms with Crippen molar-refractivity contribution in [3.63, 3.8) is 0 Å². The number of hydrogen-bond acceptors (Lipinski definition) is 8. The van der Waals surface area contributed by atoms with E-state index in [0.29, 0.717) is 18.8 Å². The molecule has 0 aliphatic carbocycles. The summed E-state index contributed by atoms with van der Waals surface area (Å²) in [5.74, 6) is -3.68. The summed E-state index contributed by atoms with van der Waals surface area (Å²) in [5, 5.41) is 17.5. The van der Waals surface area contributed by atoms with Gasteiger partial charge in [-0.2, -0.15) is 0 Å². The monoisotopic (exact) mass is 427 g/mol. The normalized spacial score (nSPS) is 12.4. The Morgan fingerprint density at radius 3 is 2.40 bits per heavy atom. The van der Waals surface area contributed by atoms with Gasteiger partial charge in [-0.15, -0.1) is 11.3 Å². The van der Waals surface area contributed by atoms with E-state index in [4.69, 9.17) is 19.8 Å². The van der Waals surface area contributed by atoms with Crippen LogP contribution in [0.1, 0.15) is 26.8 Å². The molecule has 0 atom stereocenters. The second-order valence-electron chi connectivity index (χ2n) is 6.22. The molecule has 0 saturated heterocycles. The Morgan fingerprint density at radius 2 is 1.80 bits per heavy atom. The first-order valence-corrected chi connectivity index (χ1v) is 9.65. The van der Waals surface area contributed by atoms with Gasteiger partial charge in [0, 0.05) is 48.4 Å². The quantitative estimate of drug-likeness (QED) is 0.583. The van der Waals surface area contributed by atoms with Gasteiger partial charge >= 0.3 is 11.9 Å². The molecule has 154 valence electrons. The zero-order valence-corrected chi connectivity index (χ0v) is 16.7. The first kappa shape index (κ1) is 21.0. The lowest BCUT2D eigenvalue weighted by Gasteiger charge is -2.28. The molecule has 1 aliphatic rings. The van der Waals surface area contributed by atoms with E-state index >= 15 is 0 Å². The van der Waals surface area contributed by atoms with Crippen molar-refractivity contribution in [3.8, 4) is 11.3 Å². The highest BCUT2D eigenvalue weighted by Gasteiger charge is 2.26. The molecule has 10 nitrogen and oxygen atoms in total. The molecule has 0 unspecified atom stereocenters. The van der Waals surface area contributed by atoms with Gasteiger partial charge in [-0.25, -0.2) is 24.5 Å². The summed E-state index contributed by atoms with van der Waals surface area (Å²) in [5.41, 5.74) is 4.39. The Bertz CT molecular complexity index is 1070. The van der Waals surface area contributed by atoms with E-state index in [-0.39, 0.29) is 5.91 Å². The van der Waals surface area contributed by atoms with Crippen LogP contribution in [0.15, 0.2) is 36.2 Å². The van der Waals surface area contributed by atoms with Gasteiger partial charge in [-0.3, -0.25) is 9.78 Å². The van der Waals surface area contributed by atoms with Crippen LogP contribution in [0.4, 0.5) is 0 Å². The number of carboxylic acids is 2. The average molecular weight is 427 g/mol. The average Bonchev–Trinajstić information content (AvgIpc) is 3.19. The summed E-state index contributed by atoms with van der Waals surface area (Å²) in [4.78, 5) is 49.9. The number of fused-ring (bicyclic) bond motifs is 1. The van der Waals surface area contributed by atoms with Crippen LogP contribution in [-0.4, -0.2) is 59.4 Å². The highest BCUT2D eigenvalue weighted by molar-refractivity contribution is 7.09. The zero-order chi connectivity index (χ0) is 21.7. The summed E-state index contributed by atoms with van der Waals surface area (Å²) in [6.45, 7) is 3.06. The van der Waals surface area contributed by atoms with Crippen molar-refractivity contribution < 1.29 is 24.6 Å². The van der Waals surface area contributed by atoms with E-state index in [9.17, 15) is 4.79 Å². The van der Waals surface area contributed by atoms with Crippen LogP contribution in [0.3, 0.4) is 0 Å². The Morgan fingerprint density at radius 1 is 1.10 bits per heavy atom. The molecule has 0 saturated carbocycles. The highest BCUT2D eigenvalue weighted by Crippen LogP contribution is 2.27. The topological polar surface area (TPSA) is 146 Å². The second-order valence-corrected chi connectivity index (χ2v) is 7.28. The number of aromatic nitrogens is 4. The minimum atomic E-state index is -1.82. The third-order valence-electron chi connectivity index (χ3n) is 4.26. The molecular formula is C19H17N5O5S. The number of hydrogen-bond donors (Lipinski definition) is 2. The molecule has 1 aliphatic heterocycles. The lowest BCUT2D eigenvalue weighted by atomic mass is 10.00. The van der Waals surface area contributed by atoms with Crippen molar-refractivity contribution in [3.05, 3.63) is 58.2 Å². The number of thiazole rings is 1. The van der Waals surface area contributed by atoms with Crippen molar-refractivity contribution in [1.82, 2.24) is 24.8 Å². The van der Waals surface area contributed by atoms with Crippen LogP contribution in [0.2, 0.25) is 0 Å². The maximum absolute atomic E-state index is 12.7. The third kappa shape index (κ3) is 4.81. The third-order valence-corrected chi connectivity index (χ3v) is 5.04. The molecule has 0 bridgehead atoms. The van der Waals surface area contributed by atoms with Gasteiger partial charge in [-0.1, -0.05) is 0 Å². The molecule has 3 aromatic heterocycles. The van der Waals surface area contributed by atoms with Crippen LogP contribution in [0, 0.1) is 6.92 Å². The van der Waals surface area contributed by atoms with Gasteiger partial charge in [0.1, 0.15) is 12.0 Å². The number of aliphatic carboxylic acids is 2. The summed E-state index contributed by atoms with van der Waals surface area (Å²) < 4.78 is 0. The van der Waals surface area contributed by atoms with Crippen molar-refractivity contribution in [2.75, 3.05) is 6.54 Å². The number of aryl methyl sites for hydroxylation is 1. The molecule has 0 radical (unpaired) electrons. The number of rotatable bonds is 2. The maximum Gasteiger partial charge on any atom is 0.414 e. The van der Waals surface area contributed by atoms with Gasteiger partial charge in [0.05, 0.1) is 16.4 Å². The molecular weight excluding hydrogens is 410 g/mol. The number of pyridine rings is 1. The largest absolute Gasteiger partial charge is 0.473 e. The predicted octanol–water partition coefficient (Wildman–Crippen LogP) is 1.66. The molecule has 11 heteroatoms. The Balaban J connectivity index is 0.000000377. The number of amides is 1. The number of carbonyl (C=O) groups is 3. The predicted molar refractivity (Wildman–Crippen MR) is 106 cm³/mol. The number of carboxylic acid groups (broad SMARTS) is 2. The van der Waals surface area contributed by atoms with Gasteiger partial charge in [0.25, 0.3) is 5.91 Å². The summed E-state index contributed by atoms with van der Waals surface area (Å²) >= 11 is 1.49. The SMILES string of the molecule is Cc1nc(C(=O)N2CCc3ncnc(-c4ccncc4)c3C2)cs1.O=C(O)C(=O)O. The van der Waals surface area contributed by atoms with E-state index < -0.39 is 11.9 Å². The minimum Gasteiger partial charge on any atom is -0.473 e. The fraction of sp³-hybridized carbons (Fsp3) is 0.211. The van der Waals surface area contributed by atoms with Crippen molar-refractivity contribution in [2.45, 2.75) is 19.9 Å². The standard InChI is InChI=1S/C17H15N5OS.C2H2O4/c1-11-21-15(9-24-11)17(23)22-7-4-14-13(8-22)16(20-10-19-14)12-2-5-18-6-3-12;3-1(4)2(5)6/h2-3,5-6,9-10H,4,7-8H2,1H3;(H,3,4)(H,5,6). The van der Waals surface area contributed by atoms with E-state index in [1.165, 1.54) is 11.3 Å². The first-order chi connectivity index (χ1) is 14.4. The van der Waals surface area contributed by atoms with Gasteiger partial charge in [0.15, 0.2) is 0 Å². The fourth-order valence-electron chi connectivity index (χ4n) is 2.90. The molecule has 0 fully saturated rings. The van der Waals surface area contributed by atoms with Crippen LogP contribution in [0.5, 0.6) is 0 Å². The van der Waals surface area contributed by atoms with Crippen LogP contribution in [-0.2, 0) is 22.6 Å². The molecule has 2 N–H and O–H groups in total. The Hall–Kier alpha value is -3.73. The molecule has 30 heavy (non-hydrogen) atoms. The first-order valence-electron chi connectivity index (χ1n) is 8.77. The van der Waals surface area contributed by atoms with Crippen LogP contribution < -0.4 is 0 Å². The summed E-state index contributed by atoms with van der Waals surface area (Å²) in [6.07, 6.45) is 5.81. The zero-order valence-electron chi connectivity index (χ0n) is 15.8. The summed E-state index contributed by atoms with van der Waals surface area (Å²) in [6, 6.07) is 3.85. The minimum absolute atomic E-state index is 0.0328. The van der Waals surface area contributed by atoms with Crippen LogP contribution in [0.25, 0.3) is 11.3 Å². The molecule has 0 spiro atoms. The Labute approximate surface area is 174 Å². The van der Waals surface area contributed by atoms with Crippen molar-refractivity contribution in [2.24, 2.45) is 0 Å².